The first-order valence-electron chi connectivity index (χ1n) is 41.8. The van der Waals surface area contributed by atoms with E-state index in [1.165, 1.54) is 263 Å². The van der Waals surface area contributed by atoms with Crippen molar-refractivity contribution < 1.29 is 80.2 Å². The van der Waals surface area contributed by atoms with Gasteiger partial charge in [-0.2, -0.15) is 0 Å². The van der Waals surface area contributed by atoms with Crippen molar-refractivity contribution in [2.24, 2.45) is 0 Å². The Kier molecular flexibility index (Phi) is 72.9. The number of phosphoric acid groups is 2. The first kappa shape index (κ1) is 97.1. The zero-order valence-electron chi connectivity index (χ0n) is 64.5. The molecular weight excluding hydrogens is 1290 g/mol. The number of phosphoric ester groups is 2. The number of aliphatic hydroxyl groups excluding tert-OH is 1. The van der Waals surface area contributed by atoms with E-state index < -0.39 is 97.5 Å². The zero-order valence-corrected chi connectivity index (χ0v) is 66.3. The van der Waals surface area contributed by atoms with Crippen molar-refractivity contribution in [2.75, 3.05) is 39.6 Å². The smallest absolute Gasteiger partial charge is 0.462 e. The van der Waals surface area contributed by atoms with Crippen LogP contribution in [-0.4, -0.2) is 96.7 Å². The van der Waals surface area contributed by atoms with Crippen LogP contribution in [0.3, 0.4) is 0 Å². The second kappa shape index (κ2) is 74.3. The van der Waals surface area contributed by atoms with Gasteiger partial charge in [0.1, 0.15) is 19.3 Å². The van der Waals surface area contributed by atoms with Gasteiger partial charge >= 0.3 is 39.5 Å². The molecule has 0 aliphatic rings. The van der Waals surface area contributed by atoms with E-state index in [0.717, 1.165) is 89.9 Å². The highest BCUT2D eigenvalue weighted by molar-refractivity contribution is 7.47. The van der Waals surface area contributed by atoms with Crippen LogP contribution in [0, 0.1) is 0 Å². The van der Waals surface area contributed by atoms with Crippen LogP contribution in [0.25, 0.3) is 0 Å². The van der Waals surface area contributed by atoms with Crippen LogP contribution >= 0.6 is 15.6 Å². The van der Waals surface area contributed by atoms with Crippen LogP contribution in [-0.2, 0) is 65.4 Å². The van der Waals surface area contributed by atoms with Gasteiger partial charge in [0, 0.05) is 25.7 Å². The van der Waals surface area contributed by atoms with Gasteiger partial charge in [-0.05, 0) is 25.7 Å². The van der Waals surface area contributed by atoms with Crippen molar-refractivity contribution in [1.82, 2.24) is 0 Å². The predicted octanol–water partition coefficient (Wildman–Crippen LogP) is 24.2. The summed E-state index contributed by atoms with van der Waals surface area (Å²) in [5.74, 6) is -2.10. The van der Waals surface area contributed by atoms with Gasteiger partial charge in [-0.3, -0.25) is 37.3 Å². The summed E-state index contributed by atoms with van der Waals surface area (Å²) in [6.07, 6.45) is 66.4. The molecule has 0 aromatic carbocycles. The fraction of sp³-hybridized carbons (Fsp3) is 0.950. The third kappa shape index (κ3) is 74.1. The Balaban J connectivity index is 5.26. The van der Waals surface area contributed by atoms with Gasteiger partial charge < -0.3 is 33.8 Å². The number of rotatable bonds is 81. The van der Waals surface area contributed by atoms with E-state index in [4.69, 9.17) is 37.0 Å². The molecule has 0 aromatic heterocycles. The van der Waals surface area contributed by atoms with Crippen LogP contribution in [0.15, 0.2) is 0 Å². The van der Waals surface area contributed by atoms with Crippen molar-refractivity contribution >= 4 is 39.5 Å². The molecule has 19 heteroatoms. The lowest BCUT2D eigenvalue weighted by atomic mass is 10.0. The first-order chi connectivity index (χ1) is 48.2. The Labute approximate surface area is 607 Å². The van der Waals surface area contributed by atoms with Crippen LogP contribution < -0.4 is 0 Å². The Hall–Kier alpha value is -1.94. The predicted molar refractivity (Wildman–Crippen MR) is 405 cm³/mol. The number of hydrogen-bond acceptors (Lipinski definition) is 15. The maximum atomic E-state index is 13.1. The molecule has 0 saturated heterocycles. The molecule has 0 aromatic rings. The summed E-state index contributed by atoms with van der Waals surface area (Å²) in [6, 6.07) is 0. The number of aliphatic hydroxyl groups is 1. The minimum atomic E-state index is -4.96. The van der Waals surface area contributed by atoms with Crippen LogP contribution in [0.4, 0.5) is 0 Å². The lowest BCUT2D eigenvalue weighted by Gasteiger charge is -2.21. The van der Waals surface area contributed by atoms with Gasteiger partial charge in [0.15, 0.2) is 12.2 Å². The molecule has 5 atom stereocenters. The topological polar surface area (TPSA) is 237 Å². The number of carbonyl (C=O) groups is 4. The summed E-state index contributed by atoms with van der Waals surface area (Å²) >= 11 is 0. The third-order valence-corrected chi connectivity index (χ3v) is 20.8. The van der Waals surface area contributed by atoms with Crippen molar-refractivity contribution in [3.63, 3.8) is 0 Å². The molecule has 99 heavy (non-hydrogen) atoms. The summed E-state index contributed by atoms with van der Waals surface area (Å²) in [7, 11) is -9.92. The highest BCUT2D eigenvalue weighted by Gasteiger charge is 2.30. The molecule has 588 valence electrons. The normalized spacial score (nSPS) is 13.8. The van der Waals surface area contributed by atoms with E-state index in [1.807, 2.05) is 0 Å². The second-order valence-corrected chi connectivity index (χ2v) is 31.7. The molecule has 0 aliphatic heterocycles. The molecule has 0 amide bonds. The molecule has 0 bridgehead atoms. The highest BCUT2D eigenvalue weighted by atomic mass is 31.2. The summed E-state index contributed by atoms with van der Waals surface area (Å²) in [5.41, 5.74) is 0. The molecule has 0 spiro atoms. The highest BCUT2D eigenvalue weighted by Crippen LogP contribution is 2.45. The molecule has 0 rings (SSSR count). The first-order valence-corrected chi connectivity index (χ1v) is 44.8. The lowest BCUT2D eigenvalue weighted by molar-refractivity contribution is -0.161. The number of ether oxygens (including phenoxy) is 4. The minimum Gasteiger partial charge on any atom is -0.462 e. The molecule has 0 aliphatic carbocycles. The zero-order chi connectivity index (χ0) is 72.5. The average Bonchev–Trinajstić information content (AvgIpc) is 1.00. The summed E-state index contributed by atoms with van der Waals surface area (Å²) in [4.78, 5) is 73.0. The number of hydrogen-bond donors (Lipinski definition) is 3. The number of unbranched alkanes of at least 4 members (excludes halogenated alkanes) is 55. The standard InChI is InChI=1S/C80H156O17P2/c1-5-9-13-17-21-25-29-33-36-38-40-43-47-51-55-59-63-67-80(85)97-76(71-91-78(83)65-61-57-53-49-45-42-39-37-34-30-26-22-18-14-10-6-2)73-95-99(88,89)93-69-74(81)68-92-98(86,87)94-72-75(70-90-77(82)64-60-56-52-48-44-32-28-24-20-16-12-8-4)96-79(84)66-62-58-54-50-46-41-35-31-27-23-19-15-11-7-3/h74-76,81H,5-73H2,1-4H3,(H,86,87)(H,88,89)/t74-,75+,76+/m0/s1. The van der Waals surface area contributed by atoms with Gasteiger partial charge in [0.2, 0.25) is 0 Å². The second-order valence-electron chi connectivity index (χ2n) is 28.8. The monoisotopic (exact) mass is 1450 g/mol. The van der Waals surface area contributed by atoms with Gasteiger partial charge in [-0.25, -0.2) is 9.13 Å². The maximum Gasteiger partial charge on any atom is 0.472 e. The summed E-state index contributed by atoms with van der Waals surface area (Å²) in [5, 5.41) is 10.6. The number of carbonyl (C=O) groups excluding carboxylic acids is 4. The van der Waals surface area contributed by atoms with Crippen molar-refractivity contribution in [2.45, 2.75) is 451 Å². The van der Waals surface area contributed by atoms with Crippen molar-refractivity contribution in [1.29, 1.82) is 0 Å². The fourth-order valence-corrected chi connectivity index (χ4v) is 14.0. The molecule has 3 N–H and O–H groups in total. The SMILES string of the molecule is CCCCCCCCCCCCCCCCCCCC(=O)O[C@H](COC(=O)CCCCCCCCCCCCCCCCCC)COP(=O)(O)OC[C@@H](O)COP(=O)(O)OC[C@@H](COC(=O)CCCCCCCCCCCCCC)OC(=O)CCCCCCCCCCCCCCCC. The average molecular weight is 1450 g/mol. The van der Waals surface area contributed by atoms with Gasteiger partial charge in [0.05, 0.1) is 26.4 Å². The minimum absolute atomic E-state index is 0.109. The summed E-state index contributed by atoms with van der Waals surface area (Å²) in [6.45, 7) is 5.03. The molecule has 0 saturated carbocycles. The fourth-order valence-electron chi connectivity index (χ4n) is 12.5. The van der Waals surface area contributed by atoms with Crippen LogP contribution in [0.1, 0.15) is 432 Å². The van der Waals surface area contributed by atoms with Crippen molar-refractivity contribution in [3.05, 3.63) is 0 Å². The molecule has 0 radical (unpaired) electrons. The Morgan fingerprint density at radius 1 is 0.242 bits per heavy atom. The largest absolute Gasteiger partial charge is 0.472 e. The van der Waals surface area contributed by atoms with E-state index >= 15 is 0 Å². The molecule has 2 unspecified atom stereocenters. The molecule has 0 heterocycles. The van der Waals surface area contributed by atoms with E-state index in [1.54, 1.807) is 0 Å². The Morgan fingerprint density at radius 2 is 0.404 bits per heavy atom. The molecule has 0 fully saturated rings. The molecule has 17 nitrogen and oxygen atoms in total. The number of esters is 4. The van der Waals surface area contributed by atoms with E-state index in [9.17, 15) is 43.2 Å². The van der Waals surface area contributed by atoms with Crippen LogP contribution in [0.2, 0.25) is 0 Å². The van der Waals surface area contributed by atoms with E-state index in [-0.39, 0.29) is 25.7 Å². The third-order valence-electron chi connectivity index (χ3n) is 18.9. The lowest BCUT2D eigenvalue weighted by Crippen LogP contribution is -2.30. The maximum absolute atomic E-state index is 13.1. The van der Waals surface area contributed by atoms with Gasteiger partial charge in [-0.15, -0.1) is 0 Å². The quantitative estimate of drug-likeness (QED) is 0.0222. The Morgan fingerprint density at radius 3 is 0.596 bits per heavy atom. The van der Waals surface area contributed by atoms with E-state index in [0.29, 0.717) is 25.7 Å². The molecular formula is C80H156O17P2. The van der Waals surface area contributed by atoms with E-state index in [2.05, 4.69) is 27.7 Å². The summed E-state index contributed by atoms with van der Waals surface area (Å²) < 4.78 is 68.7. The van der Waals surface area contributed by atoms with Crippen molar-refractivity contribution in [3.8, 4) is 0 Å². The van der Waals surface area contributed by atoms with Crippen LogP contribution in [0.5, 0.6) is 0 Å². The van der Waals surface area contributed by atoms with Gasteiger partial charge in [-0.1, -0.05) is 381 Å². The van der Waals surface area contributed by atoms with Gasteiger partial charge in [0.25, 0.3) is 0 Å². The Bertz CT molecular complexity index is 1880.